The fourth-order valence-electron chi connectivity index (χ4n) is 3.35. The number of fused-ring (bicyclic) bond motifs is 2. The molecule has 0 aromatic carbocycles. The topological polar surface area (TPSA) is 88.1 Å². The van der Waals surface area contributed by atoms with Gasteiger partial charge in [0.15, 0.2) is 0 Å². The summed E-state index contributed by atoms with van der Waals surface area (Å²) in [4.78, 5) is 9.25. The summed E-state index contributed by atoms with van der Waals surface area (Å²) in [7, 11) is 0. The Balaban J connectivity index is 1.65. The molecule has 0 unspecified atom stereocenters. The molecule has 5 heterocycles. The molecule has 0 saturated heterocycles. The van der Waals surface area contributed by atoms with Gasteiger partial charge in [-0.3, -0.25) is 0 Å². The molecule has 27 heavy (non-hydrogen) atoms. The zero-order valence-electron chi connectivity index (χ0n) is 13.7. The lowest BCUT2D eigenvalue weighted by Gasteiger charge is -2.32. The van der Waals surface area contributed by atoms with Gasteiger partial charge in [-0.25, -0.2) is 9.50 Å². The monoisotopic (exact) mass is 391 g/mol. The molecule has 4 aromatic heterocycles. The van der Waals surface area contributed by atoms with Crippen molar-refractivity contribution in [3.63, 3.8) is 0 Å². The summed E-state index contributed by atoms with van der Waals surface area (Å²) in [5, 5.41) is 12.4. The van der Waals surface area contributed by atoms with E-state index in [1.807, 2.05) is 6.07 Å². The average Bonchev–Trinajstić information content (AvgIpc) is 3.39. The molecule has 1 N–H and O–H groups in total. The number of rotatable bonds is 3. The lowest BCUT2D eigenvalue weighted by Crippen LogP contribution is -2.36. The quantitative estimate of drug-likeness (QED) is 0.577. The number of aromatic amines is 1. The van der Waals surface area contributed by atoms with Crippen molar-refractivity contribution in [2.75, 3.05) is 11.4 Å². The molecule has 0 amide bonds. The number of nitrogens with zero attached hydrogens (tertiary/aromatic N) is 6. The minimum atomic E-state index is -2.83. The van der Waals surface area contributed by atoms with Crippen LogP contribution < -0.4 is 4.90 Å². The molecule has 0 aliphatic carbocycles. The molecule has 1 atom stereocenters. The van der Waals surface area contributed by atoms with Crippen LogP contribution in [0.3, 0.4) is 0 Å². The van der Waals surface area contributed by atoms with Gasteiger partial charge in [-0.1, -0.05) is 16.7 Å². The fourth-order valence-corrected chi connectivity index (χ4v) is 3.56. The van der Waals surface area contributed by atoms with Gasteiger partial charge in [-0.05, 0) is 18.2 Å². The van der Waals surface area contributed by atoms with E-state index in [9.17, 15) is 8.78 Å². The van der Waals surface area contributed by atoms with E-state index in [2.05, 4.69) is 25.3 Å². The fraction of sp³-hybridized carbons (Fsp3) is 0.250. The van der Waals surface area contributed by atoms with Crippen LogP contribution in [-0.2, 0) is 6.42 Å². The highest BCUT2D eigenvalue weighted by molar-refractivity contribution is 6.33. The Kier molecular flexibility index (Phi) is 3.61. The molecule has 138 valence electrons. The van der Waals surface area contributed by atoms with Crippen molar-refractivity contribution >= 4 is 23.1 Å². The van der Waals surface area contributed by atoms with Gasteiger partial charge in [0.2, 0.25) is 0 Å². The molecule has 0 fully saturated rings. The first-order chi connectivity index (χ1) is 13.1. The van der Waals surface area contributed by atoms with Crippen LogP contribution in [0.2, 0.25) is 5.02 Å². The van der Waals surface area contributed by atoms with E-state index < -0.39 is 18.4 Å². The zero-order chi connectivity index (χ0) is 18.5. The third-order valence-corrected chi connectivity index (χ3v) is 4.86. The van der Waals surface area contributed by atoms with Gasteiger partial charge in [-0.15, -0.1) is 5.10 Å². The second-order valence-electron chi connectivity index (χ2n) is 6.09. The van der Waals surface area contributed by atoms with Crippen LogP contribution >= 0.6 is 11.6 Å². The molecular formula is C16H12ClF2N7O. The molecule has 5 rings (SSSR count). The van der Waals surface area contributed by atoms with Crippen LogP contribution in [0.25, 0.3) is 5.52 Å². The predicted molar refractivity (Wildman–Crippen MR) is 90.9 cm³/mol. The molecular weight excluding hydrogens is 380 g/mol. The van der Waals surface area contributed by atoms with Gasteiger partial charge >= 0.3 is 12.4 Å². The number of nitrogens with one attached hydrogen (secondary N) is 1. The molecule has 0 radical (unpaired) electrons. The summed E-state index contributed by atoms with van der Waals surface area (Å²) >= 11 is 6.26. The first-order valence-corrected chi connectivity index (χ1v) is 8.54. The third kappa shape index (κ3) is 2.55. The van der Waals surface area contributed by atoms with Gasteiger partial charge in [-0.2, -0.15) is 13.9 Å². The van der Waals surface area contributed by atoms with Gasteiger partial charge < -0.3 is 14.3 Å². The third-order valence-electron chi connectivity index (χ3n) is 4.54. The van der Waals surface area contributed by atoms with Crippen LogP contribution in [-0.4, -0.2) is 36.3 Å². The van der Waals surface area contributed by atoms with Gasteiger partial charge in [0.05, 0.1) is 28.3 Å². The number of hydrogen-bond donors (Lipinski definition) is 1. The standard InChI is InChI=1S/C16H12ClF2N7O/c17-8-2-1-4-26-11(8)6-10(24-26)13-12-9(20-7-21-12)3-5-25(13)16-23-22-15(27-16)14(18)19/h1-2,4,6-7,13-14H,3,5H2,(H,20,21)/t13-/m0/s1. The molecule has 11 heteroatoms. The van der Waals surface area contributed by atoms with Crippen molar-refractivity contribution in [1.29, 1.82) is 0 Å². The SMILES string of the molecule is FC(F)c1nnc(N2CCc3[nH]cnc3[C@@H]2c2cc3c(Cl)cccn3n2)o1. The van der Waals surface area contributed by atoms with Gasteiger partial charge in [0, 0.05) is 24.9 Å². The largest absolute Gasteiger partial charge is 0.402 e. The summed E-state index contributed by atoms with van der Waals surface area (Å²) < 4.78 is 32.6. The molecule has 8 nitrogen and oxygen atoms in total. The second kappa shape index (κ2) is 6.02. The van der Waals surface area contributed by atoms with E-state index in [1.54, 1.807) is 34.1 Å². The Morgan fingerprint density at radius 3 is 3.00 bits per heavy atom. The first-order valence-electron chi connectivity index (χ1n) is 8.16. The van der Waals surface area contributed by atoms with Crippen molar-refractivity contribution in [3.05, 3.63) is 58.7 Å². The Morgan fingerprint density at radius 2 is 2.22 bits per heavy atom. The first kappa shape index (κ1) is 16.2. The zero-order valence-corrected chi connectivity index (χ0v) is 14.4. The lowest BCUT2D eigenvalue weighted by molar-refractivity contribution is 0.115. The minimum absolute atomic E-state index is 0.00658. The van der Waals surface area contributed by atoms with Gasteiger partial charge in [0.25, 0.3) is 5.89 Å². The second-order valence-corrected chi connectivity index (χ2v) is 6.50. The molecule has 1 aliphatic rings. The maximum Gasteiger partial charge on any atom is 0.319 e. The molecule has 0 bridgehead atoms. The van der Waals surface area contributed by atoms with E-state index in [0.29, 0.717) is 23.7 Å². The van der Waals surface area contributed by atoms with E-state index in [-0.39, 0.29) is 6.01 Å². The Morgan fingerprint density at radius 1 is 1.33 bits per heavy atom. The summed E-state index contributed by atoms with van der Waals surface area (Å²) in [5.74, 6) is -0.713. The number of pyridine rings is 1. The normalized spacial score (nSPS) is 17.0. The maximum atomic E-state index is 12.9. The number of hydrogen-bond acceptors (Lipinski definition) is 6. The van der Waals surface area contributed by atoms with Crippen LogP contribution in [0.4, 0.5) is 14.8 Å². The van der Waals surface area contributed by atoms with E-state index in [4.69, 9.17) is 16.0 Å². The van der Waals surface area contributed by atoms with Crippen molar-refractivity contribution < 1.29 is 13.2 Å². The predicted octanol–water partition coefficient (Wildman–Crippen LogP) is 3.18. The average molecular weight is 392 g/mol. The highest BCUT2D eigenvalue weighted by Gasteiger charge is 2.36. The summed E-state index contributed by atoms with van der Waals surface area (Å²) in [6.07, 6.45) is 1.18. The van der Waals surface area contributed by atoms with Crippen molar-refractivity contribution in [2.24, 2.45) is 0 Å². The number of aromatic nitrogens is 6. The number of anilines is 1. The Labute approximate surface area is 155 Å². The summed E-state index contributed by atoms with van der Waals surface area (Å²) in [6, 6.07) is 4.94. The van der Waals surface area contributed by atoms with Crippen molar-refractivity contribution in [2.45, 2.75) is 18.9 Å². The van der Waals surface area contributed by atoms with Gasteiger partial charge in [0.1, 0.15) is 6.04 Å². The van der Waals surface area contributed by atoms with Crippen molar-refractivity contribution in [3.8, 4) is 0 Å². The molecule has 1 aliphatic heterocycles. The maximum absolute atomic E-state index is 12.9. The number of H-pyrrole nitrogens is 1. The minimum Gasteiger partial charge on any atom is -0.402 e. The number of imidazole rings is 1. The number of alkyl halides is 2. The van der Waals surface area contributed by atoms with E-state index in [0.717, 1.165) is 16.9 Å². The van der Waals surface area contributed by atoms with Crippen LogP contribution in [0.5, 0.6) is 0 Å². The molecule has 0 saturated carbocycles. The smallest absolute Gasteiger partial charge is 0.319 e. The lowest BCUT2D eigenvalue weighted by atomic mass is 10.0. The molecule has 4 aromatic rings. The van der Waals surface area contributed by atoms with Crippen LogP contribution in [0, 0.1) is 0 Å². The highest BCUT2D eigenvalue weighted by Crippen LogP contribution is 2.37. The molecule has 0 spiro atoms. The summed E-state index contributed by atoms with van der Waals surface area (Å²) in [5.41, 5.74) is 3.06. The highest BCUT2D eigenvalue weighted by atomic mass is 35.5. The van der Waals surface area contributed by atoms with E-state index in [1.165, 1.54) is 0 Å². The Bertz CT molecular complexity index is 1120. The number of halogens is 3. The van der Waals surface area contributed by atoms with Crippen LogP contribution in [0.15, 0.2) is 35.1 Å². The summed E-state index contributed by atoms with van der Waals surface area (Å²) in [6.45, 7) is 0.479. The van der Waals surface area contributed by atoms with Crippen molar-refractivity contribution in [1.82, 2.24) is 29.8 Å². The van der Waals surface area contributed by atoms with Crippen LogP contribution in [0.1, 0.15) is 35.4 Å². The Hall–Kier alpha value is -3.01. The van der Waals surface area contributed by atoms with E-state index >= 15 is 0 Å².